The van der Waals surface area contributed by atoms with Crippen molar-refractivity contribution in [2.75, 3.05) is 56.0 Å². The van der Waals surface area contributed by atoms with Crippen molar-refractivity contribution >= 4 is 29.1 Å². The van der Waals surface area contributed by atoms with Gasteiger partial charge in [-0.2, -0.15) is 0 Å². The van der Waals surface area contributed by atoms with Gasteiger partial charge in [0.05, 0.1) is 13.0 Å². The number of nitrogens with zero attached hydrogens (tertiary/aromatic N) is 3. The first-order valence-corrected chi connectivity index (χ1v) is 12.0. The minimum Gasteiger partial charge on any atom is -0.369 e. The molecular formula is C26H32FN5O3. The molecule has 4 rings (SSSR count). The topological polar surface area (TPSA) is 85.0 Å². The molecule has 2 N–H and O–H groups in total. The maximum absolute atomic E-state index is 13.2. The molecule has 0 aliphatic carbocycles. The van der Waals surface area contributed by atoms with Gasteiger partial charge in [-0.25, -0.2) is 4.39 Å². The molecule has 0 unspecified atom stereocenters. The highest BCUT2D eigenvalue weighted by molar-refractivity contribution is 5.97. The van der Waals surface area contributed by atoms with Crippen LogP contribution in [0.25, 0.3) is 0 Å². The number of aryl methyl sites for hydroxylation is 2. The lowest BCUT2D eigenvalue weighted by molar-refractivity contribution is -0.145. The molecule has 2 fully saturated rings. The fourth-order valence-electron chi connectivity index (χ4n) is 4.52. The number of carbonyl (C=O) groups is 3. The molecule has 35 heavy (non-hydrogen) atoms. The van der Waals surface area contributed by atoms with E-state index in [-0.39, 0.29) is 36.5 Å². The number of carbonyl (C=O) groups excluding carboxylic acids is 3. The molecule has 2 aliphatic heterocycles. The monoisotopic (exact) mass is 481 g/mol. The first-order valence-electron chi connectivity index (χ1n) is 12.0. The lowest BCUT2D eigenvalue weighted by atomic mass is 10.1. The van der Waals surface area contributed by atoms with E-state index >= 15 is 0 Å². The zero-order valence-electron chi connectivity index (χ0n) is 20.2. The number of rotatable bonds is 6. The largest absolute Gasteiger partial charge is 0.369 e. The summed E-state index contributed by atoms with van der Waals surface area (Å²) >= 11 is 0. The van der Waals surface area contributed by atoms with Gasteiger partial charge in [-0.3, -0.25) is 19.3 Å². The summed E-state index contributed by atoms with van der Waals surface area (Å²) in [5, 5.41) is 5.62. The zero-order chi connectivity index (χ0) is 24.9. The maximum Gasteiger partial charge on any atom is 0.243 e. The van der Waals surface area contributed by atoms with E-state index in [9.17, 15) is 18.8 Å². The first-order chi connectivity index (χ1) is 16.8. The normalized spacial score (nSPS) is 18.8. The molecule has 0 radical (unpaired) electrons. The van der Waals surface area contributed by atoms with Crippen LogP contribution < -0.4 is 15.5 Å². The van der Waals surface area contributed by atoms with Crippen LogP contribution in [0, 0.1) is 19.7 Å². The van der Waals surface area contributed by atoms with Gasteiger partial charge in [0, 0.05) is 50.6 Å². The van der Waals surface area contributed by atoms with Gasteiger partial charge in [0.1, 0.15) is 11.9 Å². The minimum atomic E-state index is -0.830. The molecule has 1 atom stereocenters. The average Bonchev–Trinajstić information content (AvgIpc) is 2.84. The van der Waals surface area contributed by atoms with Crippen molar-refractivity contribution in [2.45, 2.75) is 26.3 Å². The quantitative estimate of drug-likeness (QED) is 0.659. The lowest BCUT2D eigenvalue weighted by Crippen LogP contribution is -2.60. The molecule has 2 heterocycles. The number of hydrogen-bond acceptors (Lipinski definition) is 5. The summed E-state index contributed by atoms with van der Waals surface area (Å²) in [5.74, 6) is -1.03. The number of benzene rings is 2. The van der Waals surface area contributed by atoms with E-state index in [2.05, 4.69) is 20.4 Å². The fraction of sp³-hybridized carbons (Fsp3) is 0.423. The lowest BCUT2D eigenvalue weighted by Gasteiger charge is -2.39. The van der Waals surface area contributed by atoms with Gasteiger partial charge in [-0.15, -0.1) is 0 Å². The van der Waals surface area contributed by atoms with Crippen molar-refractivity contribution in [1.82, 2.24) is 15.1 Å². The van der Waals surface area contributed by atoms with Crippen LogP contribution in [-0.2, 0) is 14.4 Å². The fourth-order valence-corrected chi connectivity index (χ4v) is 4.52. The van der Waals surface area contributed by atoms with Gasteiger partial charge in [-0.05, 0) is 61.4 Å². The van der Waals surface area contributed by atoms with Crippen LogP contribution in [0.15, 0.2) is 42.5 Å². The molecule has 0 aromatic heterocycles. The molecule has 9 heteroatoms. The van der Waals surface area contributed by atoms with E-state index < -0.39 is 6.04 Å². The van der Waals surface area contributed by atoms with Crippen molar-refractivity contribution in [3.05, 3.63) is 59.4 Å². The van der Waals surface area contributed by atoms with Crippen molar-refractivity contribution in [1.29, 1.82) is 0 Å². The number of amides is 3. The van der Waals surface area contributed by atoms with Crippen LogP contribution in [0.3, 0.4) is 0 Å². The van der Waals surface area contributed by atoms with E-state index in [1.807, 2.05) is 32.0 Å². The van der Waals surface area contributed by atoms with Crippen molar-refractivity contribution in [3.8, 4) is 0 Å². The Morgan fingerprint density at radius 3 is 2.40 bits per heavy atom. The van der Waals surface area contributed by atoms with Crippen LogP contribution in [0.4, 0.5) is 15.8 Å². The summed E-state index contributed by atoms with van der Waals surface area (Å²) < 4.78 is 13.2. The van der Waals surface area contributed by atoms with Crippen molar-refractivity contribution in [2.24, 2.45) is 0 Å². The highest BCUT2D eigenvalue weighted by Gasteiger charge is 2.35. The molecule has 3 amide bonds. The summed E-state index contributed by atoms with van der Waals surface area (Å²) in [7, 11) is 0. The summed E-state index contributed by atoms with van der Waals surface area (Å²) in [5.41, 5.74) is 3.82. The third-order valence-corrected chi connectivity index (χ3v) is 6.74. The molecule has 186 valence electrons. The van der Waals surface area contributed by atoms with Crippen LogP contribution >= 0.6 is 0 Å². The number of hydrogen-bond donors (Lipinski definition) is 2. The van der Waals surface area contributed by atoms with Crippen molar-refractivity contribution in [3.63, 3.8) is 0 Å². The predicted molar refractivity (Wildman–Crippen MR) is 133 cm³/mol. The van der Waals surface area contributed by atoms with E-state index in [1.165, 1.54) is 17.0 Å². The Bertz CT molecular complexity index is 1080. The molecule has 2 aromatic rings. The second-order valence-corrected chi connectivity index (χ2v) is 9.18. The number of anilines is 2. The SMILES string of the molecule is Cc1ccc(NC(=O)C[C@H]2C(=O)NCCN2C(=O)CN2CCN(c3ccc(F)cc3)CC2)cc1C. The number of halogens is 1. The Morgan fingerprint density at radius 1 is 1.00 bits per heavy atom. The third kappa shape index (κ3) is 6.16. The van der Waals surface area contributed by atoms with E-state index in [0.29, 0.717) is 31.9 Å². The number of piperazine rings is 2. The summed E-state index contributed by atoms with van der Waals surface area (Å²) in [4.78, 5) is 44.2. The smallest absolute Gasteiger partial charge is 0.243 e. The van der Waals surface area contributed by atoms with Gasteiger partial charge < -0.3 is 20.4 Å². The second kappa shape index (κ2) is 10.9. The van der Waals surface area contributed by atoms with Gasteiger partial charge in [0.25, 0.3) is 0 Å². The van der Waals surface area contributed by atoms with Gasteiger partial charge >= 0.3 is 0 Å². The van der Waals surface area contributed by atoms with E-state index in [4.69, 9.17) is 0 Å². The summed E-state index contributed by atoms with van der Waals surface area (Å²) in [6.07, 6.45) is -0.0944. The highest BCUT2D eigenvalue weighted by atomic mass is 19.1. The molecule has 0 saturated carbocycles. The van der Waals surface area contributed by atoms with E-state index in [0.717, 1.165) is 29.9 Å². The average molecular weight is 482 g/mol. The molecule has 0 bridgehead atoms. The molecule has 2 aliphatic rings. The van der Waals surface area contributed by atoms with Gasteiger partial charge in [0.2, 0.25) is 17.7 Å². The molecule has 8 nitrogen and oxygen atoms in total. The Hall–Kier alpha value is -3.46. The zero-order valence-corrected chi connectivity index (χ0v) is 20.2. The summed E-state index contributed by atoms with van der Waals surface area (Å²) in [6.45, 7) is 7.73. The van der Waals surface area contributed by atoms with Crippen LogP contribution in [0.1, 0.15) is 17.5 Å². The van der Waals surface area contributed by atoms with Crippen LogP contribution in [-0.4, -0.2) is 79.4 Å². The van der Waals surface area contributed by atoms with Crippen LogP contribution in [0.2, 0.25) is 0 Å². The standard InChI is InChI=1S/C26H32FN5O3/c1-18-3-6-21(15-19(18)2)29-24(33)16-23-26(35)28-9-10-32(23)25(34)17-30-11-13-31(14-12-30)22-7-4-20(27)5-8-22/h3-8,15,23H,9-14,16-17H2,1-2H3,(H,28,35)(H,29,33)/t23-/m0/s1. The second-order valence-electron chi connectivity index (χ2n) is 9.18. The summed E-state index contributed by atoms with van der Waals surface area (Å²) in [6, 6.07) is 11.2. The molecular weight excluding hydrogens is 449 g/mol. The molecule has 2 saturated heterocycles. The predicted octanol–water partition coefficient (Wildman–Crippen LogP) is 1.92. The molecule has 2 aromatic carbocycles. The Balaban J connectivity index is 1.32. The minimum absolute atomic E-state index is 0.0944. The third-order valence-electron chi connectivity index (χ3n) is 6.74. The Labute approximate surface area is 205 Å². The Kier molecular flexibility index (Phi) is 7.65. The maximum atomic E-state index is 13.2. The highest BCUT2D eigenvalue weighted by Crippen LogP contribution is 2.19. The van der Waals surface area contributed by atoms with Gasteiger partial charge in [-0.1, -0.05) is 6.07 Å². The number of nitrogens with one attached hydrogen (secondary N) is 2. The van der Waals surface area contributed by atoms with E-state index in [1.54, 1.807) is 12.1 Å². The van der Waals surface area contributed by atoms with Crippen LogP contribution in [0.5, 0.6) is 0 Å². The molecule has 0 spiro atoms. The van der Waals surface area contributed by atoms with Gasteiger partial charge in [0.15, 0.2) is 0 Å². The first kappa shape index (κ1) is 24.7. The Morgan fingerprint density at radius 2 is 1.71 bits per heavy atom. The van der Waals surface area contributed by atoms with Crippen molar-refractivity contribution < 1.29 is 18.8 Å².